The van der Waals surface area contributed by atoms with E-state index in [2.05, 4.69) is 22.6 Å². The van der Waals surface area contributed by atoms with Crippen molar-refractivity contribution in [2.75, 3.05) is 6.61 Å². The molecule has 2 aliphatic rings. The molecule has 5 rings (SSSR count). The van der Waals surface area contributed by atoms with Crippen LogP contribution in [-0.4, -0.2) is 12.9 Å². The van der Waals surface area contributed by atoms with Crippen molar-refractivity contribution in [1.82, 2.24) is 0 Å². The number of ether oxygens (including phenoxy) is 3. The summed E-state index contributed by atoms with van der Waals surface area (Å²) in [6.45, 7) is 2.67. The van der Waals surface area contributed by atoms with Crippen LogP contribution in [0.3, 0.4) is 0 Å². The first kappa shape index (κ1) is 22.3. The van der Waals surface area contributed by atoms with Crippen molar-refractivity contribution in [3.8, 4) is 11.5 Å². The second-order valence-electron chi connectivity index (χ2n) is 8.32. The minimum atomic E-state index is -0.617. The van der Waals surface area contributed by atoms with E-state index in [1.54, 1.807) is 0 Å². The van der Waals surface area contributed by atoms with Gasteiger partial charge in [0.25, 0.3) is 0 Å². The fraction of sp³-hybridized carbons (Fsp3) is 0.259. The highest BCUT2D eigenvalue weighted by Gasteiger charge is 2.30. The summed E-state index contributed by atoms with van der Waals surface area (Å²) in [7, 11) is 0. The molecule has 0 radical (unpaired) electrons. The molecule has 6 heteroatoms. The zero-order chi connectivity index (χ0) is 22.9. The molecule has 0 bridgehead atoms. The Morgan fingerprint density at radius 3 is 2.39 bits per heavy atom. The van der Waals surface area contributed by atoms with Gasteiger partial charge >= 0.3 is 0 Å². The van der Waals surface area contributed by atoms with Gasteiger partial charge in [-0.3, -0.25) is 0 Å². The van der Waals surface area contributed by atoms with E-state index in [-0.39, 0.29) is 6.29 Å². The molecule has 3 aromatic rings. The van der Waals surface area contributed by atoms with Crippen LogP contribution in [0.25, 0.3) is 11.1 Å². The lowest BCUT2D eigenvalue weighted by atomic mass is 9.86. The van der Waals surface area contributed by atoms with Crippen LogP contribution < -0.4 is 9.47 Å². The lowest BCUT2D eigenvalue weighted by Crippen LogP contribution is -2.25. The number of rotatable bonds is 4. The lowest BCUT2D eigenvalue weighted by Gasteiger charge is -2.32. The Bertz CT molecular complexity index is 1180. The van der Waals surface area contributed by atoms with Gasteiger partial charge in [0.1, 0.15) is 29.2 Å². The van der Waals surface area contributed by atoms with Gasteiger partial charge in [-0.1, -0.05) is 12.1 Å². The van der Waals surface area contributed by atoms with E-state index in [0.29, 0.717) is 23.7 Å². The van der Waals surface area contributed by atoms with Gasteiger partial charge in [-0.05, 0) is 95.5 Å². The molecule has 2 atom stereocenters. The molecule has 3 aromatic carbocycles. The molecule has 0 amide bonds. The zero-order valence-corrected chi connectivity index (χ0v) is 20.3. The van der Waals surface area contributed by atoms with Crippen LogP contribution in [0.1, 0.15) is 49.0 Å². The number of fused-ring (bicyclic) bond motifs is 1. The first-order valence-electron chi connectivity index (χ1n) is 11.0. The summed E-state index contributed by atoms with van der Waals surface area (Å²) in [5.74, 6) is 0.113. The fourth-order valence-electron chi connectivity index (χ4n) is 4.42. The molecule has 2 heterocycles. The Kier molecular flexibility index (Phi) is 6.38. The minimum absolute atomic E-state index is 0.255. The molecule has 3 nitrogen and oxygen atoms in total. The molecular formula is C27H23F2IO3. The minimum Gasteiger partial charge on any atom is -0.480 e. The van der Waals surface area contributed by atoms with E-state index < -0.39 is 17.7 Å². The fourth-order valence-corrected chi connectivity index (χ4v) is 4.78. The van der Waals surface area contributed by atoms with Gasteiger partial charge in [-0.15, -0.1) is 0 Å². The first-order chi connectivity index (χ1) is 16.0. The Hall–Kier alpha value is -2.45. The number of allylic oxidation sites excluding steroid dienone is 1. The van der Waals surface area contributed by atoms with Crippen LogP contribution in [-0.2, 0) is 4.74 Å². The number of benzene rings is 3. The van der Waals surface area contributed by atoms with Gasteiger partial charge in [0.05, 0.1) is 6.61 Å². The smallest absolute Gasteiger partial charge is 0.199 e. The van der Waals surface area contributed by atoms with E-state index in [9.17, 15) is 8.78 Å². The van der Waals surface area contributed by atoms with Gasteiger partial charge < -0.3 is 14.2 Å². The molecule has 1 fully saturated rings. The van der Waals surface area contributed by atoms with Crippen molar-refractivity contribution in [2.45, 2.75) is 38.6 Å². The van der Waals surface area contributed by atoms with E-state index in [0.717, 1.165) is 51.2 Å². The number of halogens is 3. The Labute approximate surface area is 205 Å². The highest BCUT2D eigenvalue weighted by molar-refractivity contribution is 14.1. The van der Waals surface area contributed by atoms with Gasteiger partial charge in [0.2, 0.25) is 0 Å². The summed E-state index contributed by atoms with van der Waals surface area (Å²) < 4.78 is 47.6. The van der Waals surface area contributed by atoms with Gasteiger partial charge in [0.15, 0.2) is 6.29 Å². The number of hydrogen-bond acceptors (Lipinski definition) is 3. The van der Waals surface area contributed by atoms with Crippen LogP contribution in [0, 0.1) is 15.2 Å². The van der Waals surface area contributed by atoms with Gasteiger partial charge in [-0.2, -0.15) is 0 Å². The van der Waals surface area contributed by atoms with Crippen molar-refractivity contribution in [3.05, 3.63) is 92.6 Å². The summed E-state index contributed by atoms with van der Waals surface area (Å²) in [5.41, 5.74) is 3.89. The van der Waals surface area contributed by atoms with Gasteiger partial charge in [0, 0.05) is 33.3 Å². The van der Waals surface area contributed by atoms with Crippen molar-refractivity contribution >= 4 is 33.7 Å². The SMILES string of the molecule is CC1=C(c2cc(F)cc(F)c2)C(c2ccc(I)cc2)Oc2cc(OC3CCCCO3)ccc21. The molecule has 1 saturated heterocycles. The molecule has 33 heavy (non-hydrogen) atoms. The summed E-state index contributed by atoms with van der Waals surface area (Å²) in [6.07, 6.45) is 2.22. The normalized spacial score (nSPS) is 20.2. The second kappa shape index (κ2) is 9.43. The summed E-state index contributed by atoms with van der Waals surface area (Å²) in [6, 6.07) is 17.2. The quantitative estimate of drug-likeness (QED) is 0.309. The maximum absolute atomic E-state index is 14.1. The van der Waals surface area contributed by atoms with Crippen molar-refractivity contribution in [3.63, 3.8) is 0 Å². The standard InChI is InChI=1S/C27H23F2IO3/c1-16-23-10-9-22(32-25-4-2-3-11-31-25)15-24(23)33-27(17-5-7-21(30)8-6-17)26(16)18-12-19(28)14-20(29)13-18/h5-10,12-15,25,27H,2-4,11H2,1H3. The summed E-state index contributed by atoms with van der Waals surface area (Å²) in [4.78, 5) is 0. The van der Waals surface area contributed by atoms with Gasteiger partial charge in [-0.25, -0.2) is 8.78 Å². The third-order valence-electron chi connectivity index (χ3n) is 6.02. The maximum atomic E-state index is 14.1. The molecule has 0 saturated carbocycles. The second-order valence-corrected chi connectivity index (χ2v) is 9.56. The third-order valence-corrected chi connectivity index (χ3v) is 6.74. The largest absolute Gasteiger partial charge is 0.480 e. The average Bonchev–Trinajstić information content (AvgIpc) is 2.79. The van der Waals surface area contributed by atoms with Crippen LogP contribution in [0.15, 0.2) is 60.7 Å². The van der Waals surface area contributed by atoms with Crippen molar-refractivity contribution in [1.29, 1.82) is 0 Å². The molecule has 0 N–H and O–H groups in total. The van der Waals surface area contributed by atoms with Crippen molar-refractivity contribution < 1.29 is 23.0 Å². The first-order valence-corrected chi connectivity index (χ1v) is 12.1. The topological polar surface area (TPSA) is 27.7 Å². The van der Waals surface area contributed by atoms with Crippen LogP contribution in [0.5, 0.6) is 11.5 Å². The monoisotopic (exact) mass is 560 g/mol. The van der Waals surface area contributed by atoms with Crippen LogP contribution in [0.2, 0.25) is 0 Å². The molecule has 2 aliphatic heterocycles. The maximum Gasteiger partial charge on any atom is 0.199 e. The molecule has 0 spiro atoms. The Morgan fingerprint density at radius 1 is 0.939 bits per heavy atom. The van der Waals surface area contributed by atoms with E-state index >= 15 is 0 Å². The molecule has 2 unspecified atom stereocenters. The summed E-state index contributed by atoms with van der Waals surface area (Å²) in [5, 5.41) is 0. The van der Waals surface area contributed by atoms with E-state index in [1.165, 1.54) is 12.1 Å². The third kappa shape index (κ3) is 4.77. The Balaban J connectivity index is 1.59. The highest BCUT2D eigenvalue weighted by Crippen LogP contribution is 2.47. The number of hydrogen-bond donors (Lipinski definition) is 0. The van der Waals surface area contributed by atoms with E-state index in [4.69, 9.17) is 14.2 Å². The molecule has 0 aliphatic carbocycles. The Morgan fingerprint density at radius 2 is 1.70 bits per heavy atom. The van der Waals surface area contributed by atoms with E-state index in [1.807, 2.05) is 49.4 Å². The van der Waals surface area contributed by atoms with Crippen LogP contribution >= 0.6 is 22.6 Å². The predicted molar refractivity (Wildman–Crippen MR) is 132 cm³/mol. The lowest BCUT2D eigenvalue weighted by molar-refractivity contribution is -0.105. The average molecular weight is 560 g/mol. The molecule has 0 aromatic heterocycles. The molecular weight excluding hydrogens is 537 g/mol. The summed E-state index contributed by atoms with van der Waals surface area (Å²) >= 11 is 2.25. The van der Waals surface area contributed by atoms with Crippen LogP contribution in [0.4, 0.5) is 8.78 Å². The zero-order valence-electron chi connectivity index (χ0n) is 18.1. The highest BCUT2D eigenvalue weighted by atomic mass is 127. The van der Waals surface area contributed by atoms with Crippen molar-refractivity contribution in [2.24, 2.45) is 0 Å². The molecule has 170 valence electrons. The predicted octanol–water partition coefficient (Wildman–Crippen LogP) is 7.54.